The number of hydrogen-bond donors (Lipinski definition) is 2. The normalized spacial score (nSPS) is 14.8. The number of methoxy groups -OCH3 is 2. The molecule has 0 aromatic heterocycles. The van der Waals surface area contributed by atoms with Gasteiger partial charge >= 0.3 is 0 Å². The topological polar surface area (TPSA) is 59.6 Å². The van der Waals surface area contributed by atoms with E-state index in [4.69, 9.17) is 9.47 Å². The maximum Gasteiger partial charge on any atom is 0.247 e. The summed E-state index contributed by atoms with van der Waals surface area (Å²) >= 11 is 0. The van der Waals surface area contributed by atoms with Crippen molar-refractivity contribution in [3.05, 3.63) is 46.5 Å². The zero-order chi connectivity index (χ0) is 24.8. The van der Waals surface area contributed by atoms with Crippen molar-refractivity contribution in [3.63, 3.8) is 0 Å². The van der Waals surface area contributed by atoms with Gasteiger partial charge in [0.2, 0.25) is 5.91 Å². The van der Waals surface area contributed by atoms with Crippen LogP contribution in [0.15, 0.2) is 29.8 Å². The summed E-state index contributed by atoms with van der Waals surface area (Å²) in [6.07, 6.45) is 8.35. The monoisotopic (exact) mass is 464 g/mol. The Hall–Kier alpha value is -2.95. The van der Waals surface area contributed by atoms with E-state index >= 15 is 0 Å². The molecule has 1 aliphatic carbocycles. The van der Waals surface area contributed by atoms with E-state index < -0.39 is 0 Å². The van der Waals surface area contributed by atoms with Gasteiger partial charge in [0.1, 0.15) is 11.5 Å². The zero-order valence-electron chi connectivity index (χ0n) is 21.8. The second kappa shape index (κ2) is 11.5. The first-order valence-electron chi connectivity index (χ1n) is 12.4. The van der Waals surface area contributed by atoms with Crippen molar-refractivity contribution in [3.8, 4) is 22.6 Å². The summed E-state index contributed by atoms with van der Waals surface area (Å²) in [5.41, 5.74) is 6.68. The maximum atomic E-state index is 12.5. The molecule has 2 N–H and O–H groups in total. The molecule has 0 saturated heterocycles. The third kappa shape index (κ3) is 5.75. The Kier molecular flexibility index (Phi) is 8.65. The van der Waals surface area contributed by atoms with Crippen molar-refractivity contribution in [2.45, 2.75) is 78.8 Å². The molecule has 5 heteroatoms. The Bertz CT molecular complexity index is 1030. The number of nitrogens with one attached hydrogen (secondary N) is 2. The molecule has 184 valence electrons. The maximum absolute atomic E-state index is 12.5. The van der Waals surface area contributed by atoms with Gasteiger partial charge < -0.3 is 20.1 Å². The highest BCUT2D eigenvalue weighted by atomic mass is 16.5. The van der Waals surface area contributed by atoms with Crippen LogP contribution >= 0.6 is 0 Å². The van der Waals surface area contributed by atoms with Crippen LogP contribution in [0.1, 0.15) is 69.6 Å². The van der Waals surface area contributed by atoms with Gasteiger partial charge in [0, 0.05) is 45.6 Å². The lowest BCUT2D eigenvalue weighted by atomic mass is 9.91. The van der Waals surface area contributed by atoms with Gasteiger partial charge in [-0.05, 0) is 71.2 Å². The number of rotatable bonds is 8. The first-order chi connectivity index (χ1) is 16.3. The van der Waals surface area contributed by atoms with Gasteiger partial charge in [-0.2, -0.15) is 0 Å². The molecule has 5 nitrogen and oxygen atoms in total. The van der Waals surface area contributed by atoms with Crippen LogP contribution in [0.4, 0.5) is 5.69 Å². The van der Waals surface area contributed by atoms with E-state index in [1.807, 2.05) is 40.7 Å². The van der Waals surface area contributed by atoms with Crippen molar-refractivity contribution in [2.75, 3.05) is 19.5 Å². The minimum Gasteiger partial charge on any atom is -0.496 e. The van der Waals surface area contributed by atoms with Crippen molar-refractivity contribution in [1.82, 2.24) is 5.32 Å². The molecule has 0 atom stereocenters. The summed E-state index contributed by atoms with van der Waals surface area (Å²) in [4.78, 5) is 12.5. The van der Waals surface area contributed by atoms with E-state index in [-0.39, 0.29) is 11.9 Å². The fraction of sp³-hybridized carbons (Fsp3) is 0.483. The van der Waals surface area contributed by atoms with E-state index in [1.165, 1.54) is 32.1 Å². The Morgan fingerprint density at radius 2 is 1.59 bits per heavy atom. The van der Waals surface area contributed by atoms with E-state index in [1.54, 1.807) is 14.2 Å². The van der Waals surface area contributed by atoms with Crippen LogP contribution < -0.4 is 20.1 Å². The average molecular weight is 465 g/mol. The smallest absolute Gasteiger partial charge is 0.247 e. The Labute approximate surface area is 204 Å². The molecule has 2 aromatic carbocycles. The summed E-state index contributed by atoms with van der Waals surface area (Å²) in [5, 5.41) is 6.64. The lowest BCUT2D eigenvalue weighted by Gasteiger charge is -2.24. The molecule has 3 rings (SSSR count). The summed E-state index contributed by atoms with van der Waals surface area (Å²) in [6.45, 7) is 9.79. The molecule has 1 amide bonds. The highest BCUT2D eigenvalue weighted by Gasteiger charge is 2.22. The Morgan fingerprint density at radius 3 is 2.15 bits per heavy atom. The molecule has 1 saturated carbocycles. The van der Waals surface area contributed by atoms with Crippen molar-refractivity contribution >= 4 is 17.7 Å². The third-order valence-electron chi connectivity index (χ3n) is 6.63. The SMILES string of the molecule is COc1c(C)c(-c2ccc(NC3CCCCC3)cc2)c(OC)c(C)c1C=C(C)C(=O)NC(C)C. The number of amides is 1. The first kappa shape index (κ1) is 25.7. The molecule has 0 heterocycles. The number of hydrogen-bond acceptors (Lipinski definition) is 4. The fourth-order valence-corrected chi connectivity index (χ4v) is 4.88. The molecule has 34 heavy (non-hydrogen) atoms. The summed E-state index contributed by atoms with van der Waals surface area (Å²) in [6, 6.07) is 9.24. The number of carbonyl (C=O) groups excluding carboxylic acids is 1. The van der Waals surface area contributed by atoms with Crippen LogP contribution in [-0.4, -0.2) is 32.2 Å². The first-order valence-corrected chi connectivity index (χ1v) is 12.4. The van der Waals surface area contributed by atoms with Gasteiger partial charge in [0.05, 0.1) is 14.2 Å². The summed E-state index contributed by atoms with van der Waals surface area (Å²) in [7, 11) is 3.37. The number of benzene rings is 2. The van der Waals surface area contributed by atoms with Gasteiger partial charge in [0.25, 0.3) is 0 Å². The van der Waals surface area contributed by atoms with Crippen LogP contribution in [0.5, 0.6) is 11.5 Å². The van der Waals surface area contributed by atoms with Crippen LogP contribution in [0.3, 0.4) is 0 Å². The third-order valence-corrected chi connectivity index (χ3v) is 6.63. The highest BCUT2D eigenvalue weighted by molar-refractivity contribution is 5.98. The highest BCUT2D eigenvalue weighted by Crippen LogP contribution is 2.45. The van der Waals surface area contributed by atoms with Crippen LogP contribution in [0, 0.1) is 13.8 Å². The molecule has 0 unspecified atom stereocenters. The molecule has 1 fully saturated rings. The molecule has 1 aliphatic rings. The quantitative estimate of drug-likeness (QED) is 0.429. The molecule has 0 aliphatic heterocycles. The van der Waals surface area contributed by atoms with E-state index in [0.29, 0.717) is 11.6 Å². The largest absolute Gasteiger partial charge is 0.496 e. The van der Waals surface area contributed by atoms with Gasteiger partial charge in [-0.3, -0.25) is 4.79 Å². The van der Waals surface area contributed by atoms with Crippen molar-refractivity contribution in [2.24, 2.45) is 0 Å². The molecule has 0 spiro atoms. The van der Waals surface area contributed by atoms with Crippen LogP contribution in [0.2, 0.25) is 0 Å². The zero-order valence-corrected chi connectivity index (χ0v) is 21.8. The molecule has 0 radical (unpaired) electrons. The Balaban J connectivity index is 2.00. The fourth-order valence-electron chi connectivity index (χ4n) is 4.88. The van der Waals surface area contributed by atoms with Gasteiger partial charge in [-0.15, -0.1) is 0 Å². The standard InChI is InChI=1S/C29H40N2O3/c1-18(2)30-29(32)19(3)17-25-20(4)28(34-7)26(21(5)27(25)33-6)22-13-15-24(16-14-22)31-23-11-9-8-10-12-23/h13-18,23,31H,8-12H2,1-7H3,(H,30,32). The number of anilines is 1. The van der Waals surface area contributed by atoms with E-state index in [0.717, 1.165) is 45.0 Å². The van der Waals surface area contributed by atoms with Gasteiger partial charge in [-0.1, -0.05) is 31.4 Å². The molecular weight excluding hydrogens is 424 g/mol. The summed E-state index contributed by atoms with van der Waals surface area (Å²) in [5.74, 6) is 1.47. The lowest BCUT2D eigenvalue weighted by molar-refractivity contribution is -0.117. The van der Waals surface area contributed by atoms with Crippen LogP contribution in [-0.2, 0) is 4.79 Å². The molecular formula is C29H40N2O3. The van der Waals surface area contributed by atoms with Crippen molar-refractivity contribution < 1.29 is 14.3 Å². The predicted octanol–water partition coefficient (Wildman–Crippen LogP) is 6.66. The van der Waals surface area contributed by atoms with Crippen LogP contribution in [0.25, 0.3) is 17.2 Å². The summed E-state index contributed by atoms with van der Waals surface area (Å²) < 4.78 is 11.8. The minimum atomic E-state index is -0.0850. The molecule has 2 aromatic rings. The average Bonchev–Trinajstić information content (AvgIpc) is 2.82. The van der Waals surface area contributed by atoms with E-state index in [9.17, 15) is 4.79 Å². The second-order valence-corrected chi connectivity index (χ2v) is 9.62. The van der Waals surface area contributed by atoms with Crippen molar-refractivity contribution in [1.29, 1.82) is 0 Å². The number of ether oxygens (including phenoxy) is 2. The van der Waals surface area contributed by atoms with Gasteiger partial charge in [0.15, 0.2) is 0 Å². The molecule has 0 bridgehead atoms. The van der Waals surface area contributed by atoms with E-state index in [2.05, 4.69) is 34.9 Å². The predicted molar refractivity (Wildman–Crippen MR) is 142 cm³/mol. The lowest BCUT2D eigenvalue weighted by Crippen LogP contribution is -2.30. The number of carbonyl (C=O) groups is 1. The second-order valence-electron chi connectivity index (χ2n) is 9.62. The Morgan fingerprint density at radius 1 is 0.971 bits per heavy atom. The minimum absolute atomic E-state index is 0.0769. The van der Waals surface area contributed by atoms with Gasteiger partial charge in [-0.25, -0.2) is 0 Å².